The molecule has 0 aromatic heterocycles. The first-order valence-electron chi connectivity index (χ1n) is 14.8. The van der Waals surface area contributed by atoms with Gasteiger partial charge in [0.1, 0.15) is 0 Å². The summed E-state index contributed by atoms with van der Waals surface area (Å²) in [6.45, 7) is 15.7. The molecule has 0 saturated carbocycles. The van der Waals surface area contributed by atoms with Gasteiger partial charge in [0, 0.05) is 0 Å². The normalized spacial score (nSPS) is 11.4. The van der Waals surface area contributed by atoms with E-state index in [1.165, 1.54) is 38.2 Å². The number of fused-ring (bicyclic) bond motifs is 3. The van der Waals surface area contributed by atoms with Crippen molar-refractivity contribution < 1.29 is 18.9 Å². The van der Waals surface area contributed by atoms with Crippen molar-refractivity contribution in [3.63, 3.8) is 0 Å². The standard InChI is InChI=1S/C21H25.C13H10.C6H7.2ClH.Zr/c1-20(2,3)16-7-9-18-14(12-16)11-15-13-17(21(4,5)6)8-10-19(15)18;1-3-7-12(8-4-1)11-13-9-5-2-6-10-13;1-6-4-2-3-5-6;;;/h7-13H,1-6H3;1-10H;2-5H,1H3;2*1H;/q-1;;-1;;;+2/p-2. The monoisotopic (exact) mass is 682 g/mol. The Morgan fingerprint density at radius 1 is 0.605 bits per heavy atom. The van der Waals surface area contributed by atoms with Gasteiger partial charge in [0.25, 0.3) is 0 Å². The number of aryl methyl sites for hydroxylation is 1. The van der Waals surface area contributed by atoms with Crippen molar-refractivity contribution in [3.05, 3.63) is 155 Å². The van der Waals surface area contributed by atoms with E-state index in [1.54, 1.807) is 0 Å². The molecule has 0 aliphatic heterocycles. The molecule has 0 heterocycles. The van der Waals surface area contributed by atoms with E-state index in [1.807, 2.05) is 48.5 Å². The SMILES string of the molecule is CC(C)(C)c1ccc2c(c1)[cH-]c1cc(C(C)(C)C)ccc12.Cc1cc[cH-]c1.[Cl][Zr]([Cl])=[C](c1ccccc1)c1ccccc1. The van der Waals surface area contributed by atoms with Crippen LogP contribution in [0.25, 0.3) is 21.5 Å². The number of halogens is 2. The van der Waals surface area contributed by atoms with Gasteiger partial charge < -0.3 is 0 Å². The van der Waals surface area contributed by atoms with Crippen LogP contribution in [0, 0.1) is 6.92 Å². The zero-order valence-electron chi connectivity index (χ0n) is 26.4. The van der Waals surface area contributed by atoms with Crippen LogP contribution in [0.15, 0.2) is 127 Å². The van der Waals surface area contributed by atoms with E-state index in [9.17, 15) is 0 Å². The van der Waals surface area contributed by atoms with E-state index in [-0.39, 0.29) is 10.8 Å². The molecule has 3 heteroatoms. The van der Waals surface area contributed by atoms with Gasteiger partial charge in [0.15, 0.2) is 0 Å². The topological polar surface area (TPSA) is 0 Å². The third-order valence-electron chi connectivity index (χ3n) is 7.58. The summed E-state index contributed by atoms with van der Waals surface area (Å²) in [6, 6.07) is 44.7. The Morgan fingerprint density at radius 3 is 1.35 bits per heavy atom. The van der Waals surface area contributed by atoms with Crippen molar-refractivity contribution >= 4 is 41.8 Å². The van der Waals surface area contributed by atoms with Gasteiger partial charge in [-0.3, -0.25) is 0 Å². The van der Waals surface area contributed by atoms with Crippen LogP contribution >= 0.6 is 17.0 Å². The average Bonchev–Trinajstić information content (AvgIpc) is 3.59. The van der Waals surface area contributed by atoms with Crippen LogP contribution in [-0.2, 0) is 29.7 Å². The molecule has 0 radical (unpaired) electrons. The fourth-order valence-electron chi connectivity index (χ4n) is 5.02. The Labute approximate surface area is 273 Å². The molecule has 43 heavy (non-hydrogen) atoms. The summed E-state index contributed by atoms with van der Waals surface area (Å²) in [7, 11) is 12.5. The van der Waals surface area contributed by atoms with E-state index in [0.29, 0.717) is 0 Å². The predicted octanol–water partition coefficient (Wildman–Crippen LogP) is 12.2. The third-order valence-corrected chi connectivity index (χ3v) is 12.2. The minimum absolute atomic E-state index is 0.203. The second kappa shape index (κ2) is 14.5. The van der Waals surface area contributed by atoms with Crippen molar-refractivity contribution in [1.29, 1.82) is 0 Å². The Balaban J connectivity index is 0.000000169. The summed E-state index contributed by atoms with van der Waals surface area (Å²) in [5.41, 5.74) is 6.85. The van der Waals surface area contributed by atoms with Crippen LogP contribution in [-0.4, -0.2) is 3.21 Å². The summed E-state index contributed by atoms with van der Waals surface area (Å²) >= 11 is -2.44. The number of hydrogen-bond acceptors (Lipinski definition) is 0. The Hall–Kier alpha value is -2.57. The molecule has 0 aliphatic carbocycles. The van der Waals surface area contributed by atoms with Gasteiger partial charge in [-0.1, -0.05) is 83.9 Å². The van der Waals surface area contributed by atoms with E-state index in [4.69, 9.17) is 17.0 Å². The van der Waals surface area contributed by atoms with Crippen LogP contribution < -0.4 is 0 Å². The molecule has 0 N–H and O–H groups in total. The molecule has 0 spiro atoms. The summed E-state index contributed by atoms with van der Waals surface area (Å²) in [5, 5.41) is 5.48. The van der Waals surface area contributed by atoms with Gasteiger partial charge in [-0.2, -0.15) is 18.2 Å². The first-order valence-corrected chi connectivity index (χ1v) is 22.4. The molecule has 0 saturated heterocycles. The van der Waals surface area contributed by atoms with Crippen LogP contribution in [0.1, 0.15) is 69.4 Å². The summed E-state index contributed by atoms with van der Waals surface area (Å²) in [6.07, 6.45) is 0. The molecule has 0 amide bonds. The molecule has 0 aliphatic rings. The quantitative estimate of drug-likeness (QED) is 0.159. The van der Waals surface area contributed by atoms with Crippen molar-refractivity contribution in [1.82, 2.24) is 0 Å². The van der Waals surface area contributed by atoms with Crippen molar-refractivity contribution in [3.8, 4) is 0 Å². The zero-order valence-corrected chi connectivity index (χ0v) is 30.4. The molecular formula is C40H42Cl2Zr-2. The van der Waals surface area contributed by atoms with E-state index < -0.39 is 18.9 Å². The predicted molar refractivity (Wildman–Crippen MR) is 189 cm³/mol. The summed E-state index contributed by atoms with van der Waals surface area (Å²) in [5.74, 6) is 0. The second-order valence-corrected chi connectivity index (χ2v) is 21.2. The van der Waals surface area contributed by atoms with E-state index in [2.05, 4.69) is 127 Å². The Bertz CT molecular complexity index is 1660. The maximum absolute atomic E-state index is 6.24. The van der Waals surface area contributed by atoms with Gasteiger partial charge in [-0.25, -0.2) is 11.6 Å². The Morgan fingerprint density at radius 2 is 1.05 bits per heavy atom. The molecule has 0 fully saturated rings. The summed E-state index contributed by atoms with van der Waals surface area (Å²) in [4.78, 5) is 0. The van der Waals surface area contributed by atoms with Crippen molar-refractivity contribution in [2.24, 2.45) is 0 Å². The van der Waals surface area contributed by atoms with Crippen molar-refractivity contribution in [2.75, 3.05) is 0 Å². The molecule has 0 bridgehead atoms. The van der Waals surface area contributed by atoms with Crippen LogP contribution in [0.2, 0.25) is 0 Å². The molecule has 6 aromatic carbocycles. The van der Waals surface area contributed by atoms with Crippen LogP contribution in [0.3, 0.4) is 0 Å². The average molecular weight is 685 g/mol. The van der Waals surface area contributed by atoms with Gasteiger partial charge in [-0.05, 0) is 10.8 Å². The first kappa shape index (κ1) is 33.3. The molecule has 0 nitrogen and oxygen atoms in total. The second-order valence-electron chi connectivity index (χ2n) is 13.1. The van der Waals surface area contributed by atoms with Gasteiger partial charge >= 0.3 is 111 Å². The van der Waals surface area contributed by atoms with Crippen LogP contribution in [0.4, 0.5) is 0 Å². The number of rotatable bonds is 2. The van der Waals surface area contributed by atoms with Crippen molar-refractivity contribution in [2.45, 2.75) is 59.3 Å². The molecular weight excluding hydrogens is 643 g/mol. The fraction of sp³-hybridized carbons (Fsp3) is 0.225. The third kappa shape index (κ3) is 8.98. The molecule has 0 atom stereocenters. The van der Waals surface area contributed by atoms with Gasteiger partial charge in [0.05, 0.1) is 0 Å². The Kier molecular flexibility index (Phi) is 11.2. The minimum atomic E-state index is -2.44. The first-order chi connectivity index (χ1) is 20.3. The fourth-order valence-corrected chi connectivity index (χ4v) is 9.49. The van der Waals surface area contributed by atoms with Gasteiger partial charge in [-0.15, -0.1) is 39.7 Å². The van der Waals surface area contributed by atoms with E-state index >= 15 is 0 Å². The molecule has 6 aromatic rings. The van der Waals surface area contributed by atoms with Gasteiger partial charge in [0.2, 0.25) is 0 Å². The summed E-state index contributed by atoms with van der Waals surface area (Å²) < 4.78 is 1.15. The van der Waals surface area contributed by atoms with E-state index in [0.717, 1.165) is 14.3 Å². The molecule has 0 unspecified atom stereocenters. The molecule has 6 rings (SSSR count). The molecule has 222 valence electrons. The van der Waals surface area contributed by atoms with Crippen LogP contribution in [0.5, 0.6) is 0 Å². The zero-order chi connectivity index (χ0) is 31.2. The maximum atomic E-state index is 6.24. The number of hydrogen-bond donors (Lipinski definition) is 0. The number of benzene rings is 4.